The monoisotopic (exact) mass is 569 g/mol. The van der Waals surface area contributed by atoms with Gasteiger partial charge in [-0.1, -0.05) is 6.92 Å². The van der Waals surface area contributed by atoms with Crippen molar-refractivity contribution in [2.75, 3.05) is 38.3 Å². The summed E-state index contributed by atoms with van der Waals surface area (Å²) < 4.78 is 57.3. The van der Waals surface area contributed by atoms with Gasteiger partial charge in [0.2, 0.25) is 11.8 Å². The first-order chi connectivity index (χ1) is 19.8. The number of piperidine rings is 1. The number of pyridine rings is 2. The Morgan fingerprint density at radius 1 is 1.12 bits per heavy atom. The van der Waals surface area contributed by atoms with E-state index in [0.717, 1.165) is 29.8 Å². The molecule has 1 unspecified atom stereocenters. The highest BCUT2D eigenvalue weighted by atomic mass is 19.4. The molecule has 0 bridgehead atoms. The lowest BCUT2D eigenvalue weighted by molar-refractivity contribution is -0.137. The summed E-state index contributed by atoms with van der Waals surface area (Å²) in [5.41, 5.74) is 1.30. The van der Waals surface area contributed by atoms with Crippen LogP contribution in [-0.2, 0) is 6.18 Å². The van der Waals surface area contributed by atoms with Crippen LogP contribution in [0.3, 0.4) is 0 Å². The molecule has 1 saturated heterocycles. The Bertz CT molecular complexity index is 1360. The fourth-order valence-electron chi connectivity index (χ4n) is 4.90. The van der Waals surface area contributed by atoms with Crippen LogP contribution in [0.2, 0.25) is 0 Å². The summed E-state index contributed by atoms with van der Waals surface area (Å²) in [6.07, 6.45) is -1.08. The number of aromatic nitrogens is 2. The minimum Gasteiger partial charge on any atom is -0.489 e. The van der Waals surface area contributed by atoms with Crippen LogP contribution in [0.5, 0.6) is 17.5 Å². The lowest BCUT2D eigenvalue weighted by Crippen LogP contribution is -2.46. The molecule has 0 saturated carbocycles. The van der Waals surface area contributed by atoms with Crippen molar-refractivity contribution in [1.29, 1.82) is 5.26 Å². The number of alkyl halides is 3. The van der Waals surface area contributed by atoms with Crippen molar-refractivity contribution < 1.29 is 27.4 Å². The van der Waals surface area contributed by atoms with E-state index in [4.69, 9.17) is 19.2 Å². The largest absolute Gasteiger partial charge is 0.489 e. The molecule has 3 aromatic rings. The van der Waals surface area contributed by atoms with Gasteiger partial charge in [0, 0.05) is 38.2 Å². The second kappa shape index (κ2) is 13.5. The minimum absolute atomic E-state index is 0.0606. The van der Waals surface area contributed by atoms with Crippen molar-refractivity contribution in [3.8, 4) is 34.8 Å². The third kappa shape index (κ3) is 7.19. The molecule has 0 aliphatic carbocycles. The number of hydrogen-bond acceptors (Lipinski definition) is 8. The number of benzene rings is 1. The third-order valence-electron chi connectivity index (χ3n) is 6.93. The maximum atomic E-state index is 13.1. The number of rotatable bonds is 11. The summed E-state index contributed by atoms with van der Waals surface area (Å²) >= 11 is 0. The first kappa shape index (κ1) is 29.9. The number of hydrogen-bond donors (Lipinski definition) is 1. The normalized spacial score (nSPS) is 17.1. The molecule has 11 heteroatoms. The van der Waals surface area contributed by atoms with E-state index in [-0.39, 0.29) is 23.5 Å². The van der Waals surface area contributed by atoms with Crippen molar-refractivity contribution in [3.05, 3.63) is 59.8 Å². The van der Waals surface area contributed by atoms with Crippen LogP contribution in [0.1, 0.15) is 44.2 Å². The first-order valence-electron chi connectivity index (χ1n) is 13.7. The number of nitriles is 1. The van der Waals surface area contributed by atoms with E-state index in [9.17, 15) is 18.4 Å². The number of nitrogens with one attached hydrogen (secondary N) is 1. The van der Waals surface area contributed by atoms with Crippen LogP contribution in [0.4, 0.5) is 18.9 Å². The molecular formula is C30H34F3N5O3. The lowest BCUT2D eigenvalue weighted by Gasteiger charge is -2.41. The molecule has 1 N–H and O–H groups in total. The smallest absolute Gasteiger partial charge is 0.416 e. The quantitative estimate of drug-likeness (QED) is 0.287. The molecule has 41 heavy (non-hydrogen) atoms. The molecular weight excluding hydrogens is 535 g/mol. The Kier molecular flexibility index (Phi) is 9.89. The molecule has 0 spiro atoms. The van der Waals surface area contributed by atoms with Gasteiger partial charge in [-0.2, -0.15) is 18.4 Å². The van der Waals surface area contributed by atoms with E-state index in [1.165, 1.54) is 6.07 Å². The molecule has 0 amide bonds. The predicted molar refractivity (Wildman–Crippen MR) is 149 cm³/mol. The molecule has 2 atom stereocenters. The minimum atomic E-state index is -4.53. The van der Waals surface area contributed by atoms with Gasteiger partial charge in [-0.25, -0.2) is 9.97 Å². The highest BCUT2D eigenvalue weighted by Gasteiger charge is 2.33. The van der Waals surface area contributed by atoms with E-state index in [1.54, 1.807) is 6.20 Å². The molecule has 1 fully saturated rings. The van der Waals surface area contributed by atoms with Crippen LogP contribution in [0, 0.1) is 11.3 Å². The predicted octanol–water partition coefficient (Wildman–Crippen LogP) is 5.86. The van der Waals surface area contributed by atoms with Crippen molar-refractivity contribution in [2.45, 2.75) is 51.4 Å². The number of nitrogens with zero attached hydrogens (tertiary/aromatic N) is 4. The zero-order chi connectivity index (χ0) is 29.4. The molecule has 0 radical (unpaired) electrons. The van der Waals surface area contributed by atoms with Gasteiger partial charge in [-0.3, -0.25) is 0 Å². The SMILES string of the molecule is CCOc1ncccc1-c1ccc(N2CCC(Oc3ccc(C(F)(F)F)cc3C#N)C[C@H]2CC)c(OCCNC)n1. The summed E-state index contributed by atoms with van der Waals surface area (Å²) in [4.78, 5) is 11.5. The molecule has 218 valence electrons. The second-order valence-electron chi connectivity index (χ2n) is 9.60. The van der Waals surface area contributed by atoms with Crippen molar-refractivity contribution in [1.82, 2.24) is 15.3 Å². The summed E-state index contributed by atoms with van der Waals surface area (Å²) in [5, 5.41) is 12.5. The standard InChI is InChI=1S/C30H34F3N5O3/c1-4-22-18-23(41-27-11-8-21(30(31,32)33)17-20(27)19-34)12-15-38(22)26-10-9-25(37-29(26)40-16-14-35-3)24-7-6-13-36-28(24)39-5-2/h6-11,13,17,22-23,35H,4-5,12,14-16,18H2,1-3H3/t22-,23?/m1/s1. The van der Waals surface area contributed by atoms with E-state index in [0.29, 0.717) is 56.6 Å². The molecule has 1 aromatic carbocycles. The number of anilines is 1. The molecule has 1 aliphatic rings. The van der Waals surface area contributed by atoms with E-state index >= 15 is 0 Å². The highest BCUT2D eigenvalue weighted by Crippen LogP contribution is 2.38. The fourth-order valence-corrected chi connectivity index (χ4v) is 4.90. The van der Waals surface area contributed by atoms with E-state index in [2.05, 4.69) is 22.1 Å². The maximum absolute atomic E-state index is 13.1. The van der Waals surface area contributed by atoms with Gasteiger partial charge in [0.15, 0.2) is 0 Å². The van der Waals surface area contributed by atoms with Crippen molar-refractivity contribution >= 4 is 5.69 Å². The van der Waals surface area contributed by atoms with Gasteiger partial charge in [-0.15, -0.1) is 0 Å². The summed E-state index contributed by atoms with van der Waals surface area (Å²) in [6, 6.07) is 12.6. The van der Waals surface area contributed by atoms with Gasteiger partial charge >= 0.3 is 6.18 Å². The topological polar surface area (TPSA) is 92.5 Å². The summed E-state index contributed by atoms with van der Waals surface area (Å²) in [7, 11) is 1.85. The average Bonchev–Trinajstić information content (AvgIpc) is 2.97. The van der Waals surface area contributed by atoms with Gasteiger partial charge in [-0.05, 0) is 62.9 Å². The fraction of sp³-hybridized carbons (Fsp3) is 0.433. The zero-order valence-electron chi connectivity index (χ0n) is 23.4. The molecule has 1 aliphatic heterocycles. The van der Waals surface area contributed by atoms with E-state index < -0.39 is 11.7 Å². The molecule has 4 rings (SSSR count). The summed E-state index contributed by atoms with van der Waals surface area (Å²) in [5.74, 6) is 1.16. The van der Waals surface area contributed by atoms with Crippen LogP contribution >= 0.6 is 0 Å². The van der Waals surface area contributed by atoms with Gasteiger partial charge in [0.1, 0.15) is 30.2 Å². The molecule has 2 aromatic heterocycles. The lowest BCUT2D eigenvalue weighted by atomic mass is 9.96. The van der Waals surface area contributed by atoms with Crippen LogP contribution in [-0.4, -0.2) is 55.5 Å². The van der Waals surface area contributed by atoms with Crippen LogP contribution < -0.4 is 24.4 Å². The van der Waals surface area contributed by atoms with Crippen molar-refractivity contribution in [3.63, 3.8) is 0 Å². The molecule has 3 heterocycles. The first-order valence-corrected chi connectivity index (χ1v) is 13.7. The van der Waals surface area contributed by atoms with Crippen LogP contribution in [0.25, 0.3) is 11.3 Å². The van der Waals surface area contributed by atoms with E-state index in [1.807, 2.05) is 44.3 Å². The summed E-state index contributed by atoms with van der Waals surface area (Å²) in [6.45, 7) is 6.14. The number of halogens is 3. The maximum Gasteiger partial charge on any atom is 0.416 e. The zero-order valence-corrected chi connectivity index (χ0v) is 23.4. The van der Waals surface area contributed by atoms with Crippen molar-refractivity contribution in [2.24, 2.45) is 0 Å². The third-order valence-corrected chi connectivity index (χ3v) is 6.93. The Hall–Kier alpha value is -4.04. The Labute approximate surface area is 238 Å². The number of ether oxygens (including phenoxy) is 3. The molecule has 8 nitrogen and oxygen atoms in total. The highest BCUT2D eigenvalue weighted by molar-refractivity contribution is 5.69. The Morgan fingerprint density at radius 2 is 1.95 bits per heavy atom. The second-order valence-corrected chi connectivity index (χ2v) is 9.60. The van der Waals surface area contributed by atoms with Crippen LogP contribution in [0.15, 0.2) is 48.7 Å². The van der Waals surface area contributed by atoms with Gasteiger partial charge < -0.3 is 24.4 Å². The van der Waals surface area contributed by atoms with Gasteiger partial charge in [0.05, 0.1) is 29.0 Å². The number of likely N-dealkylation sites (N-methyl/N-ethyl adjacent to an activating group) is 1. The Balaban J connectivity index is 1.57. The van der Waals surface area contributed by atoms with Gasteiger partial charge in [0.25, 0.3) is 0 Å². The average molecular weight is 570 g/mol. The Morgan fingerprint density at radius 3 is 2.66 bits per heavy atom.